The molecule has 0 spiro atoms. The fourth-order valence-corrected chi connectivity index (χ4v) is 5.50. The van der Waals surface area contributed by atoms with E-state index in [1.165, 1.54) is 7.11 Å². The molecule has 0 fully saturated rings. The average molecular weight is 590 g/mol. The third-order valence-corrected chi connectivity index (χ3v) is 7.34. The van der Waals surface area contributed by atoms with Gasteiger partial charge in [-0.3, -0.25) is 4.79 Å². The highest BCUT2D eigenvalue weighted by Crippen LogP contribution is 2.39. The Balaban J connectivity index is 1.69. The Morgan fingerprint density at radius 3 is 2.17 bits per heavy atom. The highest BCUT2D eigenvalue weighted by Gasteiger charge is 2.38. The number of carboxylic acid groups (broad SMARTS) is 1. The third kappa shape index (κ3) is 7.66. The van der Waals surface area contributed by atoms with Crippen molar-refractivity contribution < 1.29 is 24.2 Å². The van der Waals surface area contributed by atoms with Crippen molar-refractivity contribution in [3.63, 3.8) is 0 Å². The molecule has 1 aliphatic heterocycles. The van der Waals surface area contributed by atoms with Crippen LogP contribution in [-0.2, 0) is 19.1 Å². The van der Waals surface area contributed by atoms with Crippen LogP contribution in [0.2, 0.25) is 5.02 Å². The largest absolute Gasteiger partial charge is 0.478 e. The van der Waals surface area contributed by atoms with Gasteiger partial charge in [0.25, 0.3) is 0 Å². The number of amides is 1. The van der Waals surface area contributed by atoms with Gasteiger partial charge >= 0.3 is 5.97 Å². The maximum Gasteiger partial charge on any atom is 0.334 e. The van der Waals surface area contributed by atoms with E-state index in [9.17, 15) is 14.7 Å². The minimum absolute atomic E-state index is 0.00379. The summed E-state index contributed by atoms with van der Waals surface area (Å²) in [5.41, 5.74) is 9.55. The fourth-order valence-electron chi connectivity index (χ4n) is 5.30. The van der Waals surface area contributed by atoms with Gasteiger partial charge in [0.15, 0.2) is 0 Å². The molecular formula is C33H36ClN3O5. The Hall–Kier alpha value is -3.95. The zero-order valence-corrected chi connectivity index (χ0v) is 24.3. The molecule has 0 saturated heterocycles. The molecule has 1 aliphatic rings. The third-order valence-electron chi connectivity index (χ3n) is 7.11. The SMILES string of the molecule is COCC1=C(C(=O)O)C(c2cccc(Cl)c2)C(C(=O)NCCC(c2ccccc2)c2ccccc2)=C(COCCN)N1. The van der Waals surface area contributed by atoms with E-state index in [2.05, 4.69) is 34.9 Å². The smallest absolute Gasteiger partial charge is 0.334 e. The number of rotatable bonds is 14. The molecule has 3 aromatic carbocycles. The molecule has 0 radical (unpaired) electrons. The van der Waals surface area contributed by atoms with Crippen LogP contribution in [0.25, 0.3) is 0 Å². The summed E-state index contributed by atoms with van der Waals surface area (Å²) in [5, 5.41) is 17.0. The zero-order chi connectivity index (χ0) is 29.9. The van der Waals surface area contributed by atoms with Gasteiger partial charge in [-0.15, -0.1) is 0 Å². The van der Waals surface area contributed by atoms with E-state index in [1.54, 1.807) is 24.3 Å². The average Bonchev–Trinajstić information content (AvgIpc) is 3.00. The quantitative estimate of drug-likeness (QED) is 0.203. The molecule has 0 aliphatic carbocycles. The number of dihydropyridines is 1. The Morgan fingerprint density at radius 2 is 1.60 bits per heavy atom. The summed E-state index contributed by atoms with van der Waals surface area (Å²) in [6.07, 6.45) is 0.637. The maximum atomic E-state index is 14.0. The van der Waals surface area contributed by atoms with E-state index < -0.39 is 17.8 Å². The minimum atomic E-state index is -1.17. The van der Waals surface area contributed by atoms with Gasteiger partial charge in [0.2, 0.25) is 5.91 Å². The molecule has 4 rings (SSSR count). The first-order valence-electron chi connectivity index (χ1n) is 13.8. The molecule has 220 valence electrons. The number of carbonyl (C=O) groups is 2. The number of carboxylic acids is 1. The van der Waals surface area contributed by atoms with Crippen LogP contribution in [0.15, 0.2) is 107 Å². The lowest BCUT2D eigenvalue weighted by molar-refractivity contribution is -0.133. The summed E-state index contributed by atoms with van der Waals surface area (Å²) in [4.78, 5) is 26.7. The molecule has 0 saturated carbocycles. The lowest BCUT2D eigenvalue weighted by atomic mass is 9.79. The number of hydrogen-bond acceptors (Lipinski definition) is 6. The molecule has 1 amide bonds. The summed E-state index contributed by atoms with van der Waals surface area (Å²) in [6.45, 7) is 0.964. The standard InChI is InChI=1S/C33H36ClN3O5/c1-41-20-27-31(33(39)40)29(24-13-8-14-25(34)19-24)30(28(37-27)21-42-18-16-35)32(38)36-17-15-26(22-9-4-2-5-10-22)23-11-6-3-7-12-23/h2-14,19,26,29,37H,15-18,20-21,35H2,1H3,(H,36,38)(H,39,40). The van der Waals surface area contributed by atoms with Crippen LogP contribution in [0.5, 0.6) is 0 Å². The zero-order valence-electron chi connectivity index (χ0n) is 23.5. The lowest BCUT2D eigenvalue weighted by Gasteiger charge is -2.32. The van der Waals surface area contributed by atoms with Crippen LogP contribution in [0.1, 0.15) is 34.9 Å². The van der Waals surface area contributed by atoms with Gasteiger partial charge in [0, 0.05) is 31.1 Å². The number of ether oxygens (including phenoxy) is 2. The number of carbonyl (C=O) groups excluding carboxylic acids is 1. The molecule has 8 nitrogen and oxygen atoms in total. The molecule has 1 heterocycles. The number of halogens is 1. The molecule has 42 heavy (non-hydrogen) atoms. The van der Waals surface area contributed by atoms with E-state index in [0.717, 1.165) is 11.1 Å². The Morgan fingerprint density at radius 1 is 0.952 bits per heavy atom. The van der Waals surface area contributed by atoms with Crippen LogP contribution in [0.4, 0.5) is 0 Å². The van der Waals surface area contributed by atoms with Crippen molar-refractivity contribution in [3.8, 4) is 0 Å². The van der Waals surface area contributed by atoms with Gasteiger partial charge in [-0.25, -0.2) is 4.79 Å². The summed E-state index contributed by atoms with van der Waals surface area (Å²) < 4.78 is 11.0. The first-order valence-corrected chi connectivity index (χ1v) is 14.2. The van der Waals surface area contributed by atoms with E-state index in [0.29, 0.717) is 41.5 Å². The van der Waals surface area contributed by atoms with E-state index in [1.807, 2.05) is 36.4 Å². The number of hydrogen-bond donors (Lipinski definition) is 4. The van der Waals surface area contributed by atoms with Gasteiger partial charge in [-0.2, -0.15) is 0 Å². The van der Waals surface area contributed by atoms with Crippen molar-refractivity contribution in [3.05, 3.63) is 129 Å². The molecule has 0 aromatic heterocycles. The van der Waals surface area contributed by atoms with E-state index in [-0.39, 0.29) is 36.9 Å². The summed E-state index contributed by atoms with van der Waals surface area (Å²) in [5.74, 6) is -2.41. The van der Waals surface area contributed by atoms with Gasteiger partial charge in [-0.1, -0.05) is 84.4 Å². The Labute approximate surface area is 251 Å². The van der Waals surface area contributed by atoms with Crippen molar-refractivity contribution >= 4 is 23.5 Å². The number of aliphatic carboxylic acids is 1. The van der Waals surface area contributed by atoms with Crippen molar-refractivity contribution in [1.82, 2.24) is 10.6 Å². The Kier molecular flexibility index (Phi) is 11.3. The van der Waals surface area contributed by atoms with Gasteiger partial charge < -0.3 is 30.9 Å². The van der Waals surface area contributed by atoms with E-state index >= 15 is 0 Å². The van der Waals surface area contributed by atoms with E-state index in [4.69, 9.17) is 26.8 Å². The molecule has 0 bridgehead atoms. The monoisotopic (exact) mass is 589 g/mol. The van der Waals surface area contributed by atoms with Crippen LogP contribution < -0.4 is 16.4 Å². The van der Waals surface area contributed by atoms with Crippen LogP contribution in [0.3, 0.4) is 0 Å². The van der Waals surface area contributed by atoms with Crippen molar-refractivity contribution in [2.45, 2.75) is 18.3 Å². The Bertz CT molecular complexity index is 1390. The topological polar surface area (TPSA) is 123 Å². The molecule has 5 N–H and O–H groups in total. The van der Waals surface area contributed by atoms with Gasteiger partial charge in [-0.05, 0) is 35.2 Å². The molecular weight excluding hydrogens is 554 g/mol. The predicted molar refractivity (Wildman–Crippen MR) is 163 cm³/mol. The first kappa shape index (κ1) is 31.0. The number of nitrogens with two attached hydrogens (primary N) is 1. The normalized spacial score (nSPS) is 15.1. The summed E-state index contributed by atoms with van der Waals surface area (Å²) in [6, 6.07) is 27.2. The highest BCUT2D eigenvalue weighted by atomic mass is 35.5. The predicted octanol–water partition coefficient (Wildman–Crippen LogP) is 4.58. The minimum Gasteiger partial charge on any atom is -0.478 e. The highest BCUT2D eigenvalue weighted by molar-refractivity contribution is 6.30. The van der Waals surface area contributed by atoms with Gasteiger partial charge in [0.1, 0.15) is 0 Å². The van der Waals surface area contributed by atoms with Crippen LogP contribution in [-0.4, -0.2) is 57.0 Å². The van der Waals surface area contributed by atoms with Crippen LogP contribution >= 0.6 is 11.6 Å². The van der Waals surface area contributed by atoms with Gasteiger partial charge in [0.05, 0.1) is 48.3 Å². The second-order valence-electron chi connectivity index (χ2n) is 9.90. The van der Waals surface area contributed by atoms with Crippen molar-refractivity contribution in [2.24, 2.45) is 5.73 Å². The number of benzene rings is 3. The summed E-state index contributed by atoms with van der Waals surface area (Å²) >= 11 is 6.33. The lowest BCUT2D eigenvalue weighted by Crippen LogP contribution is -2.40. The first-order chi connectivity index (χ1) is 20.4. The molecule has 1 atom stereocenters. The molecule has 9 heteroatoms. The maximum absolute atomic E-state index is 14.0. The van der Waals surface area contributed by atoms with Crippen molar-refractivity contribution in [2.75, 3.05) is 40.0 Å². The van der Waals surface area contributed by atoms with Crippen molar-refractivity contribution in [1.29, 1.82) is 0 Å². The number of methoxy groups -OCH3 is 1. The second-order valence-corrected chi connectivity index (χ2v) is 10.3. The molecule has 3 aromatic rings. The fraction of sp³-hybridized carbons (Fsp3) is 0.273. The van der Waals surface area contributed by atoms with Crippen LogP contribution in [0, 0.1) is 0 Å². The molecule has 1 unspecified atom stereocenters. The second kappa shape index (κ2) is 15.3. The number of nitrogens with one attached hydrogen (secondary N) is 2. The summed E-state index contributed by atoms with van der Waals surface area (Å²) in [7, 11) is 1.48.